The van der Waals surface area contributed by atoms with Crippen LogP contribution in [0.2, 0.25) is 0 Å². The minimum atomic E-state index is 0.409. The van der Waals surface area contributed by atoms with Gasteiger partial charge < -0.3 is 10.1 Å². The van der Waals surface area contributed by atoms with E-state index in [9.17, 15) is 0 Å². The number of aromatic nitrogens is 2. The lowest BCUT2D eigenvalue weighted by Gasteiger charge is -2.28. The van der Waals surface area contributed by atoms with Crippen molar-refractivity contribution >= 4 is 31.9 Å². The van der Waals surface area contributed by atoms with E-state index in [4.69, 9.17) is 4.74 Å². The maximum Gasteiger partial charge on any atom is 0.142 e. The summed E-state index contributed by atoms with van der Waals surface area (Å²) < 4.78 is 6.76. The number of nitrogens with one attached hydrogen (secondary N) is 1. The van der Waals surface area contributed by atoms with E-state index >= 15 is 0 Å². The summed E-state index contributed by atoms with van der Waals surface area (Å²) >= 11 is 6.70. The molecule has 1 aromatic heterocycles. The SMILES string of the molecule is BrCC=CCOC1CCC(NCc2ncc(Br)cn2)CC1. The van der Waals surface area contributed by atoms with Gasteiger partial charge in [0.05, 0.1) is 23.7 Å². The molecule has 0 aromatic carbocycles. The highest BCUT2D eigenvalue weighted by Gasteiger charge is 2.21. The van der Waals surface area contributed by atoms with Crippen molar-refractivity contribution < 1.29 is 4.74 Å². The summed E-state index contributed by atoms with van der Waals surface area (Å²) in [6.07, 6.45) is 12.7. The second-order valence-corrected chi connectivity index (χ2v) is 6.69. The van der Waals surface area contributed by atoms with Crippen molar-refractivity contribution in [2.75, 3.05) is 11.9 Å². The van der Waals surface area contributed by atoms with Gasteiger partial charge in [0.2, 0.25) is 0 Å². The molecule has 116 valence electrons. The summed E-state index contributed by atoms with van der Waals surface area (Å²) in [6.45, 7) is 1.46. The predicted octanol–water partition coefficient (Wildman–Crippen LogP) is 3.61. The predicted molar refractivity (Wildman–Crippen MR) is 91.5 cm³/mol. The molecule has 0 bridgehead atoms. The standard InChI is InChI=1S/C15H21Br2N3O/c16-7-1-2-8-21-14-5-3-13(4-6-14)18-11-15-19-9-12(17)10-20-15/h1-2,9-10,13-14,18H,3-8,11H2. The van der Waals surface area contributed by atoms with Crippen LogP contribution in [0.1, 0.15) is 31.5 Å². The Morgan fingerprint density at radius 2 is 1.90 bits per heavy atom. The summed E-state index contributed by atoms with van der Waals surface area (Å²) in [4.78, 5) is 8.56. The Bertz CT molecular complexity index is 431. The molecular weight excluding hydrogens is 398 g/mol. The molecule has 21 heavy (non-hydrogen) atoms. The molecule has 0 spiro atoms. The molecule has 0 unspecified atom stereocenters. The van der Waals surface area contributed by atoms with Crippen molar-refractivity contribution in [1.82, 2.24) is 15.3 Å². The van der Waals surface area contributed by atoms with Crippen LogP contribution in [0.5, 0.6) is 0 Å². The van der Waals surface area contributed by atoms with Crippen molar-refractivity contribution in [2.45, 2.75) is 44.4 Å². The van der Waals surface area contributed by atoms with Crippen LogP contribution in [-0.4, -0.2) is 34.1 Å². The normalized spacial score (nSPS) is 22.8. The van der Waals surface area contributed by atoms with E-state index in [2.05, 4.69) is 59.3 Å². The molecule has 1 aliphatic carbocycles. The molecule has 0 amide bonds. The molecule has 1 aromatic rings. The molecule has 1 heterocycles. The first-order valence-electron chi connectivity index (χ1n) is 7.30. The molecule has 0 aliphatic heterocycles. The third-order valence-corrected chi connectivity index (χ3v) is 4.36. The zero-order valence-corrected chi connectivity index (χ0v) is 15.1. The first kappa shape index (κ1) is 17.1. The van der Waals surface area contributed by atoms with Crippen LogP contribution in [0.15, 0.2) is 29.0 Å². The maximum absolute atomic E-state index is 5.84. The van der Waals surface area contributed by atoms with Crippen LogP contribution < -0.4 is 5.32 Å². The van der Waals surface area contributed by atoms with Gasteiger partial charge in [-0.05, 0) is 41.6 Å². The van der Waals surface area contributed by atoms with Crippen LogP contribution >= 0.6 is 31.9 Å². The quantitative estimate of drug-likeness (QED) is 0.542. The van der Waals surface area contributed by atoms with Gasteiger partial charge in [-0.2, -0.15) is 0 Å². The first-order valence-corrected chi connectivity index (χ1v) is 9.21. The Balaban J connectivity index is 1.62. The number of nitrogens with zero attached hydrogens (tertiary/aromatic N) is 2. The van der Waals surface area contributed by atoms with Crippen molar-refractivity contribution in [2.24, 2.45) is 0 Å². The third-order valence-electron chi connectivity index (χ3n) is 3.58. The number of allylic oxidation sites excluding steroid dienone is 1. The lowest BCUT2D eigenvalue weighted by atomic mass is 9.93. The Kier molecular flexibility index (Phi) is 7.85. The van der Waals surface area contributed by atoms with E-state index in [1.54, 1.807) is 12.4 Å². The average Bonchev–Trinajstić information content (AvgIpc) is 2.52. The molecule has 6 heteroatoms. The van der Waals surface area contributed by atoms with Gasteiger partial charge in [-0.1, -0.05) is 28.1 Å². The number of hydrogen-bond donors (Lipinski definition) is 1. The van der Waals surface area contributed by atoms with Crippen molar-refractivity contribution in [3.8, 4) is 0 Å². The van der Waals surface area contributed by atoms with Crippen LogP contribution in [0, 0.1) is 0 Å². The highest BCUT2D eigenvalue weighted by atomic mass is 79.9. The maximum atomic E-state index is 5.84. The molecule has 4 nitrogen and oxygen atoms in total. The van der Waals surface area contributed by atoms with E-state index < -0.39 is 0 Å². The Labute approximate surface area is 143 Å². The van der Waals surface area contributed by atoms with Crippen molar-refractivity contribution in [1.29, 1.82) is 0 Å². The molecule has 1 saturated carbocycles. The topological polar surface area (TPSA) is 47.0 Å². The molecular formula is C15H21Br2N3O. The Morgan fingerprint density at radius 1 is 1.19 bits per heavy atom. The lowest BCUT2D eigenvalue weighted by Crippen LogP contribution is -2.35. The van der Waals surface area contributed by atoms with Gasteiger partial charge in [-0.25, -0.2) is 9.97 Å². The summed E-state index contributed by atoms with van der Waals surface area (Å²) in [5.41, 5.74) is 0. The zero-order valence-electron chi connectivity index (χ0n) is 12.0. The smallest absolute Gasteiger partial charge is 0.142 e. The Hall–Kier alpha value is -0.300. The number of hydrogen-bond acceptors (Lipinski definition) is 4. The van der Waals surface area contributed by atoms with E-state index in [1.807, 2.05) is 0 Å². The fraction of sp³-hybridized carbons (Fsp3) is 0.600. The van der Waals surface area contributed by atoms with E-state index in [1.165, 1.54) is 0 Å². The van der Waals surface area contributed by atoms with Gasteiger partial charge in [0, 0.05) is 23.8 Å². The van der Waals surface area contributed by atoms with E-state index in [-0.39, 0.29) is 0 Å². The Morgan fingerprint density at radius 3 is 2.57 bits per heavy atom. The summed E-state index contributed by atoms with van der Waals surface area (Å²) in [6, 6.07) is 0.551. The van der Waals surface area contributed by atoms with Gasteiger partial charge in [0.25, 0.3) is 0 Å². The van der Waals surface area contributed by atoms with Crippen LogP contribution in [-0.2, 0) is 11.3 Å². The van der Waals surface area contributed by atoms with Crippen molar-refractivity contribution in [3.05, 3.63) is 34.8 Å². The van der Waals surface area contributed by atoms with E-state index in [0.29, 0.717) is 12.1 Å². The highest BCUT2D eigenvalue weighted by molar-refractivity contribution is 9.10. The summed E-state index contributed by atoms with van der Waals surface area (Å²) in [7, 11) is 0. The zero-order chi connectivity index (χ0) is 14.9. The fourth-order valence-corrected chi connectivity index (χ4v) is 2.89. The second kappa shape index (κ2) is 9.66. The van der Waals surface area contributed by atoms with Gasteiger partial charge in [0.1, 0.15) is 5.82 Å². The molecule has 2 rings (SSSR count). The van der Waals surface area contributed by atoms with Crippen LogP contribution in [0.3, 0.4) is 0 Å². The number of ether oxygens (including phenoxy) is 1. The van der Waals surface area contributed by atoms with Crippen LogP contribution in [0.25, 0.3) is 0 Å². The molecule has 1 N–H and O–H groups in total. The minimum Gasteiger partial charge on any atom is -0.374 e. The number of alkyl halides is 1. The second-order valence-electron chi connectivity index (χ2n) is 5.13. The van der Waals surface area contributed by atoms with Gasteiger partial charge in [-0.3, -0.25) is 0 Å². The monoisotopic (exact) mass is 417 g/mol. The fourth-order valence-electron chi connectivity index (χ4n) is 2.42. The highest BCUT2D eigenvalue weighted by Crippen LogP contribution is 2.21. The van der Waals surface area contributed by atoms with Gasteiger partial charge in [-0.15, -0.1) is 0 Å². The van der Waals surface area contributed by atoms with Gasteiger partial charge in [0.15, 0.2) is 0 Å². The summed E-state index contributed by atoms with van der Waals surface area (Å²) in [5, 5.41) is 4.43. The van der Waals surface area contributed by atoms with E-state index in [0.717, 1.165) is 54.5 Å². The average molecular weight is 419 g/mol. The largest absolute Gasteiger partial charge is 0.374 e. The lowest BCUT2D eigenvalue weighted by molar-refractivity contribution is 0.0394. The third kappa shape index (κ3) is 6.55. The summed E-state index contributed by atoms with van der Waals surface area (Å²) in [5.74, 6) is 0.844. The van der Waals surface area contributed by atoms with Crippen LogP contribution in [0.4, 0.5) is 0 Å². The molecule has 1 aliphatic rings. The van der Waals surface area contributed by atoms with Gasteiger partial charge >= 0.3 is 0 Å². The minimum absolute atomic E-state index is 0.409. The number of halogens is 2. The molecule has 0 radical (unpaired) electrons. The van der Waals surface area contributed by atoms with Crippen molar-refractivity contribution in [3.63, 3.8) is 0 Å². The first-order chi connectivity index (χ1) is 10.3. The molecule has 0 atom stereocenters. The molecule has 1 fully saturated rings. The number of rotatable bonds is 7. The molecule has 0 saturated heterocycles.